The molecule has 0 aromatic carbocycles. The van der Waals surface area contributed by atoms with Gasteiger partial charge in [0, 0.05) is 0 Å². The maximum absolute atomic E-state index is 10.9. The fraction of sp³-hybridized carbons (Fsp3) is 0.200. The van der Waals surface area contributed by atoms with Gasteiger partial charge in [0.05, 0.1) is 12.8 Å². The van der Waals surface area contributed by atoms with Gasteiger partial charge in [0.2, 0.25) is 10.0 Å². The maximum Gasteiger partial charge on any atom is 0.244 e. The highest BCUT2D eigenvalue weighted by molar-refractivity contribution is 7.89. The monoisotopic (exact) mass is 159 g/mol. The first-order chi connectivity index (χ1) is 4.70. The van der Waals surface area contributed by atoms with E-state index in [1.807, 2.05) is 0 Å². The Balaban J connectivity index is 2.76. The molecule has 10 heavy (non-hydrogen) atoms. The van der Waals surface area contributed by atoms with Crippen LogP contribution in [0, 0.1) is 0 Å². The molecule has 0 unspecified atom stereocenters. The second-order valence-electron chi connectivity index (χ2n) is 2.03. The summed E-state index contributed by atoms with van der Waals surface area (Å²) in [5.41, 5.74) is 0. The molecule has 0 spiro atoms. The van der Waals surface area contributed by atoms with Gasteiger partial charge in [-0.25, -0.2) is 13.1 Å². The molecule has 0 saturated heterocycles. The van der Waals surface area contributed by atoms with Crippen LogP contribution in [0.4, 0.5) is 0 Å². The number of furan rings is 1. The molecular formula is C5H5NO3S. The minimum atomic E-state index is -3.21. The number of rotatable bonds is 0. The number of nitrogens with one attached hydrogen (secondary N) is 1. The zero-order chi connectivity index (χ0) is 7.19. The van der Waals surface area contributed by atoms with Crippen molar-refractivity contribution in [2.24, 2.45) is 0 Å². The lowest BCUT2D eigenvalue weighted by Gasteiger charge is -1.87. The normalized spacial score (nSPS) is 20.8. The fourth-order valence-corrected chi connectivity index (χ4v) is 2.07. The Morgan fingerprint density at radius 3 is 3.10 bits per heavy atom. The summed E-state index contributed by atoms with van der Waals surface area (Å²) in [6.07, 6.45) is 1.38. The average molecular weight is 159 g/mol. The van der Waals surface area contributed by atoms with E-state index in [1.165, 1.54) is 12.3 Å². The van der Waals surface area contributed by atoms with Crippen LogP contribution in [0.1, 0.15) is 5.76 Å². The molecular weight excluding hydrogens is 154 g/mol. The fourth-order valence-electron chi connectivity index (χ4n) is 0.936. The topological polar surface area (TPSA) is 59.3 Å². The van der Waals surface area contributed by atoms with E-state index in [0.29, 0.717) is 5.76 Å². The van der Waals surface area contributed by atoms with E-state index in [1.54, 1.807) is 0 Å². The Bertz CT molecular complexity index is 351. The Kier molecular flexibility index (Phi) is 0.959. The van der Waals surface area contributed by atoms with Gasteiger partial charge in [-0.3, -0.25) is 0 Å². The van der Waals surface area contributed by atoms with Gasteiger partial charge < -0.3 is 4.42 Å². The van der Waals surface area contributed by atoms with Gasteiger partial charge in [-0.1, -0.05) is 0 Å². The number of hydrogen-bond donors (Lipinski definition) is 1. The van der Waals surface area contributed by atoms with E-state index in [4.69, 9.17) is 4.42 Å². The lowest BCUT2D eigenvalue weighted by Crippen LogP contribution is -2.13. The second-order valence-corrected chi connectivity index (χ2v) is 3.77. The summed E-state index contributed by atoms with van der Waals surface area (Å²) in [7, 11) is -3.21. The third kappa shape index (κ3) is 0.614. The molecule has 4 nitrogen and oxygen atoms in total. The SMILES string of the molecule is O=S1(=O)NCc2occc21. The van der Waals surface area contributed by atoms with Gasteiger partial charge in [-0.2, -0.15) is 0 Å². The van der Waals surface area contributed by atoms with E-state index < -0.39 is 10.0 Å². The first-order valence-corrected chi connectivity index (χ1v) is 4.24. The summed E-state index contributed by atoms with van der Waals surface area (Å²) in [6, 6.07) is 1.45. The van der Waals surface area contributed by atoms with Crippen LogP contribution in [0.15, 0.2) is 21.6 Å². The highest BCUT2D eigenvalue weighted by Gasteiger charge is 2.27. The van der Waals surface area contributed by atoms with E-state index in [-0.39, 0.29) is 11.4 Å². The Morgan fingerprint density at radius 2 is 2.40 bits per heavy atom. The molecule has 0 radical (unpaired) electrons. The molecule has 0 bridgehead atoms. The Labute approximate surface area is 57.9 Å². The number of sulfonamides is 1. The third-order valence-corrected chi connectivity index (χ3v) is 2.88. The van der Waals surface area contributed by atoms with E-state index >= 15 is 0 Å². The molecule has 2 heterocycles. The minimum absolute atomic E-state index is 0.271. The molecule has 1 aromatic heterocycles. The lowest BCUT2D eigenvalue weighted by molar-refractivity contribution is 0.503. The predicted octanol–water partition coefficient (Wildman–Crippen LogP) is 0.0715. The standard InChI is InChI=1S/C5H5NO3S/c7-10(8)5-1-2-9-4(5)3-6-10/h1-2,6H,3H2. The molecule has 0 amide bonds. The molecule has 1 aliphatic rings. The summed E-state index contributed by atoms with van der Waals surface area (Å²) in [4.78, 5) is 0.271. The van der Waals surface area contributed by atoms with Crippen LogP contribution >= 0.6 is 0 Å². The van der Waals surface area contributed by atoms with Crippen LogP contribution in [0.3, 0.4) is 0 Å². The molecule has 5 heteroatoms. The molecule has 1 aliphatic heterocycles. The van der Waals surface area contributed by atoms with Crippen molar-refractivity contribution in [3.8, 4) is 0 Å². The third-order valence-electron chi connectivity index (χ3n) is 1.42. The van der Waals surface area contributed by atoms with E-state index in [9.17, 15) is 8.42 Å². The molecule has 0 fully saturated rings. The van der Waals surface area contributed by atoms with Crippen molar-refractivity contribution in [1.82, 2.24) is 4.72 Å². The summed E-state index contributed by atoms with van der Waals surface area (Å²) >= 11 is 0. The maximum atomic E-state index is 10.9. The van der Waals surface area contributed by atoms with Gasteiger partial charge in [0.1, 0.15) is 10.7 Å². The van der Waals surface area contributed by atoms with Crippen LogP contribution in [-0.2, 0) is 16.6 Å². The van der Waals surface area contributed by atoms with Gasteiger partial charge in [0.25, 0.3) is 0 Å². The van der Waals surface area contributed by atoms with Crippen molar-refractivity contribution < 1.29 is 12.8 Å². The van der Waals surface area contributed by atoms with Crippen LogP contribution in [0.2, 0.25) is 0 Å². The smallest absolute Gasteiger partial charge is 0.244 e. The van der Waals surface area contributed by atoms with E-state index in [2.05, 4.69) is 4.72 Å². The molecule has 0 aliphatic carbocycles. The average Bonchev–Trinajstić information content (AvgIpc) is 2.36. The van der Waals surface area contributed by atoms with Crippen LogP contribution in [0.25, 0.3) is 0 Å². The number of fused-ring (bicyclic) bond motifs is 1. The van der Waals surface area contributed by atoms with Crippen LogP contribution < -0.4 is 4.72 Å². The van der Waals surface area contributed by atoms with Crippen molar-refractivity contribution in [2.75, 3.05) is 0 Å². The largest absolute Gasteiger partial charge is 0.466 e. The minimum Gasteiger partial charge on any atom is -0.466 e. The zero-order valence-electron chi connectivity index (χ0n) is 4.99. The summed E-state index contributed by atoms with van der Waals surface area (Å²) < 4.78 is 29.1. The molecule has 2 rings (SSSR count). The molecule has 54 valence electrons. The molecule has 1 N–H and O–H groups in total. The van der Waals surface area contributed by atoms with Gasteiger partial charge in [0.15, 0.2) is 0 Å². The second kappa shape index (κ2) is 1.62. The zero-order valence-corrected chi connectivity index (χ0v) is 5.81. The first-order valence-electron chi connectivity index (χ1n) is 2.76. The predicted molar refractivity (Wildman–Crippen MR) is 32.7 cm³/mol. The van der Waals surface area contributed by atoms with Gasteiger partial charge in [-0.15, -0.1) is 0 Å². The number of hydrogen-bond acceptors (Lipinski definition) is 3. The van der Waals surface area contributed by atoms with Crippen molar-refractivity contribution in [3.63, 3.8) is 0 Å². The molecule has 1 aromatic rings. The summed E-state index contributed by atoms with van der Waals surface area (Å²) in [5.74, 6) is 0.500. The van der Waals surface area contributed by atoms with Crippen LogP contribution in [0.5, 0.6) is 0 Å². The Morgan fingerprint density at radius 1 is 1.60 bits per heavy atom. The van der Waals surface area contributed by atoms with Gasteiger partial charge >= 0.3 is 0 Å². The van der Waals surface area contributed by atoms with Crippen molar-refractivity contribution in [2.45, 2.75) is 11.4 Å². The Hall–Kier alpha value is -0.810. The molecule has 0 atom stereocenters. The highest BCUT2D eigenvalue weighted by atomic mass is 32.2. The van der Waals surface area contributed by atoms with Crippen molar-refractivity contribution in [3.05, 3.63) is 18.1 Å². The van der Waals surface area contributed by atoms with Crippen LogP contribution in [-0.4, -0.2) is 8.42 Å². The van der Waals surface area contributed by atoms with E-state index in [0.717, 1.165) is 0 Å². The van der Waals surface area contributed by atoms with Gasteiger partial charge in [-0.05, 0) is 6.07 Å². The van der Waals surface area contributed by atoms with Crippen molar-refractivity contribution in [1.29, 1.82) is 0 Å². The first kappa shape index (κ1) is 5.94. The summed E-state index contributed by atoms with van der Waals surface area (Å²) in [6.45, 7) is 0.282. The summed E-state index contributed by atoms with van der Waals surface area (Å²) in [5, 5.41) is 0. The van der Waals surface area contributed by atoms with Crippen molar-refractivity contribution >= 4 is 10.0 Å². The lowest BCUT2D eigenvalue weighted by atomic mass is 10.5. The highest BCUT2D eigenvalue weighted by Crippen LogP contribution is 2.22. The quantitative estimate of drug-likeness (QED) is 0.582. The molecule has 0 saturated carbocycles.